The van der Waals surface area contributed by atoms with E-state index in [4.69, 9.17) is 9.47 Å². The smallest absolute Gasteiger partial charge is 0.340 e. The van der Waals surface area contributed by atoms with E-state index in [9.17, 15) is 14.7 Å². The number of carbonyl (C=O) groups excluding carboxylic acids is 1. The van der Waals surface area contributed by atoms with Crippen LogP contribution < -0.4 is 10.3 Å². The number of fused-ring (bicyclic) bond motifs is 1. The van der Waals surface area contributed by atoms with Crippen LogP contribution in [0, 0.1) is 0 Å². The Hall–Kier alpha value is -5.46. The van der Waals surface area contributed by atoms with Gasteiger partial charge in [-0.25, -0.2) is 4.79 Å². The number of rotatable bonds is 9. The number of aromatic amines is 1. The number of ether oxygens (including phenoxy) is 2. The molecule has 0 fully saturated rings. The van der Waals surface area contributed by atoms with Gasteiger partial charge in [0.2, 0.25) is 5.56 Å². The van der Waals surface area contributed by atoms with Crippen molar-refractivity contribution in [1.82, 2.24) is 4.98 Å². The number of hydrogen-bond donors (Lipinski definition) is 2. The zero-order valence-electron chi connectivity index (χ0n) is 23.2. The fourth-order valence-electron chi connectivity index (χ4n) is 5.19. The van der Waals surface area contributed by atoms with E-state index < -0.39 is 24.3 Å². The molecular weight excluding hydrogens is 538 g/mol. The second kappa shape index (κ2) is 12.6. The molecule has 1 unspecified atom stereocenters. The Kier molecular flexibility index (Phi) is 8.11. The highest BCUT2D eigenvalue weighted by Gasteiger charge is 2.28. The molecule has 1 aromatic heterocycles. The molecule has 6 aromatic rings. The minimum absolute atomic E-state index is 0.291. The van der Waals surface area contributed by atoms with Gasteiger partial charge in [0, 0.05) is 17.0 Å². The van der Waals surface area contributed by atoms with Crippen molar-refractivity contribution in [2.45, 2.75) is 18.3 Å². The molecule has 6 nitrogen and oxygen atoms in total. The van der Waals surface area contributed by atoms with Gasteiger partial charge in [-0.2, -0.15) is 0 Å². The topological polar surface area (TPSA) is 88.6 Å². The van der Waals surface area contributed by atoms with Crippen molar-refractivity contribution in [3.8, 4) is 5.75 Å². The van der Waals surface area contributed by atoms with Crippen LogP contribution in [-0.4, -0.2) is 16.1 Å². The number of hydrogen-bond acceptors (Lipinski definition) is 5. The van der Waals surface area contributed by atoms with Gasteiger partial charge in [-0.15, -0.1) is 0 Å². The average molecular weight is 568 g/mol. The Balaban J connectivity index is 1.35. The van der Waals surface area contributed by atoms with Gasteiger partial charge >= 0.3 is 5.97 Å². The Morgan fingerprint density at radius 2 is 1.05 bits per heavy atom. The SMILES string of the molecule is O=C(OC(c1ccccc1)c1ccccc1)C(O)c1ccc(OC(c2ccccc2)c2ccccc2)c2[nH]c(=O)ccc12. The van der Waals surface area contributed by atoms with Crippen molar-refractivity contribution >= 4 is 16.9 Å². The summed E-state index contributed by atoms with van der Waals surface area (Å²) in [4.78, 5) is 28.8. The summed E-state index contributed by atoms with van der Waals surface area (Å²) in [5, 5.41) is 11.8. The summed E-state index contributed by atoms with van der Waals surface area (Å²) >= 11 is 0. The van der Waals surface area contributed by atoms with E-state index in [-0.39, 0.29) is 5.56 Å². The number of nitrogens with one attached hydrogen (secondary N) is 1. The predicted molar refractivity (Wildman–Crippen MR) is 166 cm³/mol. The van der Waals surface area contributed by atoms with E-state index in [1.807, 2.05) is 121 Å². The first kappa shape index (κ1) is 27.7. The Bertz CT molecular complexity index is 1790. The van der Waals surface area contributed by atoms with E-state index in [0.29, 0.717) is 22.2 Å². The van der Waals surface area contributed by atoms with Crippen LogP contribution in [0.3, 0.4) is 0 Å². The molecule has 6 rings (SSSR count). The molecule has 0 saturated heterocycles. The van der Waals surface area contributed by atoms with Gasteiger partial charge in [-0.05, 0) is 34.4 Å². The minimum Gasteiger partial charge on any atom is -0.479 e. The van der Waals surface area contributed by atoms with E-state index >= 15 is 0 Å². The Morgan fingerprint density at radius 1 is 0.581 bits per heavy atom. The molecule has 0 bridgehead atoms. The second-order valence-electron chi connectivity index (χ2n) is 10.1. The molecule has 6 heteroatoms. The maximum atomic E-state index is 13.5. The Morgan fingerprint density at radius 3 is 1.53 bits per heavy atom. The average Bonchev–Trinajstić information content (AvgIpc) is 3.07. The van der Waals surface area contributed by atoms with Crippen LogP contribution in [0.2, 0.25) is 0 Å². The van der Waals surface area contributed by atoms with Crippen LogP contribution >= 0.6 is 0 Å². The quantitative estimate of drug-likeness (QED) is 0.183. The lowest BCUT2D eigenvalue weighted by Crippen LogP contribution is -2.20. The van der Waals surface area contributed by atoms with Crippen LogP contribution in [0.15, 0.2) is 150 Å². The van der Waals surface area contributed by atoms with Crippen molar-refractivity contribution in [3.05, 3.63) is 184 Å². The highest BCUT2D eigenvalue weighted by molar-refractivity contribution is 5.91. The van der Waals surface area contributed by atoms with Crippen LogP contribution in [0.1, 0.15) is 46.1 Å². The number of H-pyrrole nitrogens is 1. The maximum Gasteiger partial charge on any atom is 0.340 e. The van der Waals surface area contributed by atoms with Crippen molar-refractivity contribution in [2.24, 2.45) is 0 Å². The van der Waals surface area contributed by atoms with Crippen LogP contribution in [0.5, 0.6) is 5.75 Å². The molecule has 0 radical (unpaired) electrons. The summed E-state index contributed by atoms with van der Waals surface area (Å²) in [6, 6.07) is 44.6. The summed E-state index contributed by atoms with van der Waals surface area (Å²) in [5.74, 6) is -0.411. The van der Waals surface area contributed by atoms with Crippen molar-refractivity contribution in [1.29, 1.82) is 0 Å². The molecule has 212 valence electrons. The molecule has 0 aliphatic heterocycles. The number of aromatic nitrogens is 1. The Labute approximate surface area is 248 Å². The monoisotopic (exact) mass is 567 g/mol. The largest absolute Gasteiger partial charge is 0.479 e. The summed E-state index contributed by atoms with van der Waals surface area (Å²) < 4.78 is 12.5. The molecule has 2 N–H and O–H groups in total. The first-order valence-corrected chi connectivity index (χ1v) is 14.0. The van der Waals surface area contributed by atoms with Gasteiger partial charge in [-0.3, -0.25) is 4.79 Å². The highest BCUT2D eigenvalue weighted by Crippen LogP contribution is 2.36. The van der Waals surface area contributed by atoms with Crippen LogP contribution in [-0.2, 0) is 9.53 Å². The molecule has 0 saturated carbocycles. The standard InChI is InChI=1S/C37H29NO5/c39-32-24-22-29-30(34(40)37(41)43-36(27-17-9-3-10-18-27)28-19-11-4-12-20-28)21-23-31(33(29)38-32)42-35(25-13-5-1-6-14-25)26-15-7-2-8-16-26/h1-24,34-36,40H,(H,38,39). The number of aliphatic hydroxyl groups excluding tert-OH is 1. The van der Waals surface area contributed by atoms with Gasteiger partial charge in [-0.1, -0.05) is 127 Å². The lowest BCUT2D eigenvalue weighted by atomic mass is 9.99. The van der Waals surface area contributed by atoms with E-state index in [0.717, 1.165) is 22.3 Å². The predicted octanol–water partition coefficient (Wildman–Crippen LogP) is 7.06. The number of carbonyl (C=O) groups is 1. The molecule has 5 aromatic carbocycles. The lowest BCUT2D eigenvalue weighted by molar-refractivity contribution is -0.158. The number of aliphatic hydroxyl groups is 1. The summed E-state index contributed by atoms with van der Waals surface area (Å²) in [6.07, 6.45) is -2.79. The number of esters is 1. The third-order valence-corrected chi connectivity index (χ3v) is 7.30. The molecule has 43 heavy (non-hydrogen) atoms. The third kappa shape index (κ3) is 6.10. The van der Waals surface area contributed by atoms with Gasteiger partial charge in [0.1, 0.15) is 11.9 Å². The molecule has 0 amide bonds. The van der Waals surface area contributed by atoms with Gasteiger partial charge in [0.05, 0.1) is 5.52 Å². The number of pyridine rings is 1. The fourth-order valence-corrected chi connectivity index (χ4v) is 5.19. The molecule has 0 spiro atoms. The van der Waals surface area contributed by atoms with Crippen LogP contribution in [0.4, 0.5) is 0 Å². The van der Waals surface area contributed by atoms with Crippen molar-refractivity contribution in [2.75, 3.05) is 0 Å². The van der Waals surface area contributed by atoms with E-state index in [1.165, 1.54) is 6.07 Å². The second-order valence-corrected chi connectivity index (χ2v) is 10.1. The van der Waals surface area contributed by atoms with Gasteiger partial charge in [0.15, 0.2) is 12.2 Å². The molecule has 1 atom stereocenters. The summed E-state index contributed by atoms with van der Waals surface area (Å²) in [5.41, 5.74) is 3.74. The van der Waals surface area contributed by atoms with E-state index in [1.54, 1.807) is 18.2 Å². The first-order valence-electron chi connectivity index (χ1n) is 14.0. The summed E-state index contributed by atoms with van der Waals surface area (Å²) in [6.45, 7) is 0. The molecule has 1 heterocycles. The summed E-state index contributed by atoms with van der Waals surface area (Å²) in [7, 11) is 0. The van der Waals surface area contributed by atoms with E-state index in [2.05, 4.69) is 4.98 Å². The number of benzene rings is 5. The van der Waals surface area contributed by atoms with Gasteiger partial charge < -0.3 is 19.6 Å². The van der Waals surface area contributed by atoms with Crippen molar-refractivity contribution < 1.29 is 19.4 Å². The van der Waals surface area contributed by atoms with Crippen LogP contribution in [0.25, 0.3) is 10.9 Å². The lowest BCUT2D eigenvalue weighted by Gasteiger charge is -2.23. The normalized spacial score (nSPS) is 11.9. The zero-order valence-corrected chi connectivity index (χ0v) is 23.2. The van der Waals surface area contributed by atoms with Gasteiger partial charge in [0.25, 0.3) is 0 Å². The third-order valence-electron chi connectivity index (χ3n) is 7.30. The molecule has 0 aliphatic rings. The highest BCUT2D eigenvalue weighted by atomic mass is 16.6. The molecular formula is C37H29NO5. The maximum absolute atomic E-state index is 13.5. The minimum atomic E-state index is -1.61. The first-order chi connectivity index (χ1) is 21.1. The zero-order chi connectivity index (χ0) is 29.6. The fraction of sp³-hybridized carbons (Fsp3) is 0.0811. The van der Waals surface area contributed by atoms with Crippen molar-refractivity contribution in [3.63, 3.8) is 0 Å². The molecule has 0 aliphatic carbocycles.